The van der Waals surface area contributed by atoms with Gasteiger partial charge in [0.25, 0.3) is 0 Å². The third-order valence-electron chi connectivity index (χ3n) is 3.91. The lowest BCUT2D eigenvalue weighted by Crippen LogP contribution is -2.07. The SMILES string of the molecule is CC(Nc1ccc2c(c1)CCC2)c1ccc(Br)cc1Br. The van der Waals surface area contributed by atoms with Crippen molar-refractivity contribution in [2.45, 2.75) is 32.2 Å². The molecule has 2 aromatic rings. The molecule has 20 heavy (non-hydrogen) atoms. The summed E-state index contributed by atoms with van der Waals surface area (Å²) in [4.78, 5) is 0. The van der Waals surface area contributed by atoms with Gasteiger partial charge in [0.15, 0.2) is 0 Å². The zero-order chi connectivity index (χ0) is 14.1. The molecule has 1 N–H and O–H groups in total. The third-order valence-corrected chi connectivity index (χ3v) is 5.09. The highest BCUT2D eigenvalue weighted by Crippen LogP contribution is 2.30. The van der Waals surface area contributed by atoms with Gasteiger partial charge in [-0.1, -0.05) is 44.0 Å². The van der Waals surface area contributed by atoms with Crippen LogP contribution in [0.2, 0.25) is 0 Å². The van der Waals surface area contributed by atoms with E-state index in [1.165, 1.54) is 41.6 Å². The second-order valence-corrected chi connectivity index (χ2v) is 7.14. The van der Waals surface area contributed by atoms with Crippen LogP contribution in [0.4, 0.5) is 5.69 Å². The summed E-state index contributed by atoms with van der Waals surface area (Å²) in [5.41, 5.74) is 5.52. The first-order valence-electron chi connectivity index (χ1n) is 6.97. The number of hydrogen-bond donors (Lipinski definition) is 1. The normalized spacial score (nSPS) is 14.9. The molecular formula is C17H17Br2N. The topological polar surface area (TPSA) is 12.0 Å². The van der Waals surface area contributed by atoms with Gasteiger partial charge in [-0.3, -0.25) is 0 Å². The summed E-state index contributed by atoms with van der Waals surface area (Å²) in [5, 5.41) is 3.60. The van der Waals surface area contributed by atoms with Crippen molar-refractivity contribution in [3.63, 3.8) is 0 Å². The van der Waals surface area contributed by atoms with Crippen molar-refractivity contribution in [3.05, 3.63) is 62.0 Å². The Labute approximate surface area is 137 Å². The predicted octanol–water partition coefficient (Wildman–Crippen LogP) is 5.87. The van der Waals surface area contributed by atoms with Crippen molar-refractivity contribution in [3.8, 4) is 0 Å². The highest BCUT2D eigenvalue weighted by molar-refractivity contribution is 9.11. The molecule has 0 aliphatic heterocycles. The van der Waals surface area contributed by atoms with E-state index in [1.807, 2.05) is 0 Å². The number of anilines is 1. The molecule has 1 atom stereocenters. The van der Waals surface area contributed by atoms with E-state index in [4.69, 9.17) is 0 Å². The molecule has 0 saturated heterocycles. The molecule has 104 valence electrons. The lowest BCUT2D eigenvalue weighted by atomic mass is 10.1. The quantitative estimate of drug-likeness (QED) is 0.685. The molecule has 0 aromatic heterocycles. The zero-order valence-electron chi connectivity index (χ0n) is 11.4. The molecule has 0 fully saturated rings. The molecule has 0 bridgehead atoms. The molecule has 3 rings (SSSR count). The van der Waals surface area contributed by atoms with Gasteiger partial charge in [-0.05, 0) is 67.1 Å². The first kappa shape index (κ1) is 14.2. The lowest BCUT2D eigenvalue weighted by molar-refractivity contribution is 0.877. The Bertz CT molecular complexity index is 637. The first-order valence-corrected chi connectivity index (χ1v) is 8.55. The van der Waals surface area contributed by atoms with Gasteiger partial charge >= 0.3 is 0 Å². The van der Waals surface area contributed by atoms with E-state index in [0.29, 0.717) is 0 Å². The summed E-state index contributed by atoms with van der Waals surface area (Å²) in [6, 6.07) is 13.4. The van der Waals surface area contributed by atoms with Crippen molar-refractivity contribution >= 4 is 37.5 Å². The van der Waals surface area contributed by atoms with E-state index in [1.54, 1.807) is 0 Å². The van der Waals surface area contributed by atoms with Crippen LogP contribution >= 0.6 is 31.9 Å². The molecule has 1 unspecified atom stereocenters. The lowest BCUT2D eigenvalue weighted by Gasteiger charge is -2.18. The number of fused-ring (bicyclic) bond motifs is 1. The van der Waals surface area contributed by atoms with Crippen molar-refractivity contribution < 1.29 is 0 Å². The minimum Gasteiger partial charge on any atom is -0.378 e. The summed E-state index contributed by atoms with van der Waals surface area (Å²) in [7, 11) is 0. The van der Waals surface area contributed by atoms with Crippen LogP contribution in [0.5, 0.6) is 0 Å². The fourth-order valence-electron chi connectivity index (χ4n) is 2.84. The predicted molar refractivity (Wildman–Crippen MR) is 92.3 cm³/mol. The Morgan fingerprint density at radius 2 is 1.80 bits per heavy atom. The van der Waals surface area contributed by atoms with Crippen molar-refractivity contribution in [2.24, 2.45) is 0 Å². The fraction of sp³-hybridized carbons (Fsp3) is 0.294. The van der Waals surface area contributed by atoms with E-state index in [9.17, 15) is 0 Å². The van der Waals surface area contributed by atoms with Crippen LogP contribution < -0.4 is 5.32 Å². The minimum absolute atomic E-state index is 0.275. The average Bonchev–Trinajstić information content (AvgIpc) is 2.85. The minimum atomic E-state index is 0.275. The molecule has 1 aliphatic carbocycles. The van der Waals surface area contributed by atoms with Gasteiger partial charge in [0.2, 0.25) is 0 Å². The van der Waals surface area contributed by atoms with E-state index in [0.717, 1.165) is 8.95 Å². The molecule has 0 amide bonds. The number of halogens is 2. The van der Waals surface area contributed by atoms with Crippen LogP contribution in [0.15, 0.2) is 45.3 Å². The Morgan fingerprint density at radius 3 is 2.60 bits per heavy atom. The summed E-state index contributed by atoms with van der Waals surface area (Å²) in [6.07, 6.45) is 3.76. The summed E-state index contributed by atoms with van der Waals surface area (Å²) in [6.45, 7) is 2.20. The van der Waals surface area contributed by atoms with Crippen LogP contribution in [0.1, 0.15) is 36.1 Å². The Balaban J connectivity index is 1.80. The molecule has 2 aromatic carbocycles. The first-order chi connectivity index (χ1) is 9.63. The third kappa shape index (κ3) is 2.94. The maximum atomic E-state index is 3.64. The maximum absolute atomic E-state index is 3.64. The highest BCUT2D eigenvalue weighted by Gasteiger charge is 2.13. The van der Waals surface area contributed by atoms with Crippen LogP contribution in [0.25, 0.3) is 0 Å². The molecule has 1 aliphatic rings. The van der Waals surface area contributed by atoms with Gasteiger partial charge in [-0.2, -0.15) is 0 Å². The zero-order valence-corrected chi connectivity index (χ0v) is 14.6. The number of nitrogens with one attached hydrogen (secondary N) is 1. The van der Waals surface area contributed by atoms with Crippen LogP contribution in [-0.2, 0) is 12.8 Å². The summed E-state index contributed by atoms with van der Waals surface area (Å²) >= 11 is 7.14. The summed E-state index contributed by atoms with van der Waals surface area (Å²) in [5.74, 6) is 0. The van der Waals surface area contributed by atoms with Gasteiger partial charge in [0.1, 0.15) is 0 Å². The number of rotatable bonds is 3. The number of benzene rings is 2. The van der Waals surface area contributed by atoms with E-state index in [2.05, 4.69) is 80.5 Å². The highest BCUT2D eigenvalue weighted by atomic mass is 79.9. The second kappa shape index (κ2) is 5.90. The van der Waals surface area contributed by atoms with Crippen LogP contribution in [-0.4, -0.2) is 0 Å². The molecule has 0 spiro atoms. The van der Waals surface area contributed by atoms with Crippen molar-refractivity contribution in [2.75, 3.05) is 5.32 Å². The maximum Gasteiger partial charge on any atom is 0.0496 e. The smallest absolute Gasteiger partial charge is 0.0496 e. The van der Waals surface area contributed by atoms with Gasteiger partial charge < -0.3 is 5.32 Å². The van der Waals surface area contributed by atoms with Crippen molar-refractivity contribution in [1.82, 2.24) is 0 Å². The molecule has 0 saturated carbocycles. The van der Waals surface area contributed by atoms with Crippen molar-refractivity contribution in [1.29, 1.82) is 0 Å². The van der Waals surface area contributed by atoms with Crippen LogP contribution in [0.3, 0.4) is 0 Å². The molecular weight excluding hydrogens is 378 g/mol. The average molecular weight is 395 g/mol. The van der Waals surface area contributed by atoms with Gasteiger partial charge in [0.05, 0.1) is 0 Å². The monoisotopic (exact) mass is 393 g/mol. The summed E-state index contributed by atoms with van der Waals surface area (Å²) < 4.78 is 2.23. The van der Waals surface area contributed by atoms with Crippen LogP contribution in [0, 0.1) is 0 Å². The molecule has 0 radical (unpaired) electrons. The van der Waals surface area contributed by atoms with E-state index >= 15 is 0 Å². The molecule has 3 heteroatoms. The van der Waals surface area contributed by atoms with Gasteiger partial charge in [0, 0.05) is 20.7 Å². The standard InChI is InChI=1S/C17H17Br2N/c1-11(16-8-6-14(18)10-17(16)19)20-15-7-5-12-3-2-4-13(12)9-15/h5-11,20H,2-4H2,1H3. The van der Waals surface area contributed by atoms with E-state index in [-0.39, 0.29) is 6.04 Å². The second-order valence-electron chi connectivity index (χ2n) is 5.37. The largest absolute Gasteiger partial charge is 0.378 e. The molecule has 1 nitrogen and oxygen atoms in total. The van der Waals surface area contributed by atoms with Gasteiger partial charge in [-0.25, -0.2) is 0 Å². The Kier molecular flexibility index (Phi) is 4.18. The molecule has 0 heterocycles. The Morgan fingerprint density at radius 1 is 1.00 bits per heavy atom. The Hall–Kier alpha value is -0.800. The number of aryl methyl sites for hydroxylation is 2. The van der Waals surface area contributed by atoms with Gasteiger partial charge in [-0.15, -0.1) is 0 Å². The number of hydrogen-bond acceptors (Lipinski definition) is 1. The fourth-order valence-corrected chi connectivity index (χ4v) is 4.23. The van der Waals surface area contributed by atoms with E-state index < -0.39 is 0 Å².